The molecule has 2 atom stereocenters. The average molecular weight is 458 g/mol. The second-order valence-corrected chi connectivity index (χ2v) is 9.77. The number of nitrogens with one attached hydrogen (secondary N) is 1. The Balaban J connectivity index is 1.37. The van der Waals surface area contributed by atoms with Crippen molar-refractivity contribution in [3.63, 3.8) is 0 Å². The molecule has 5 nitrogen and oxygen atoms in total. The van der Waals surface area contributed by atoms with Crippen molar-refractivity contribution in [3.05, 3.63) is 64.9 Å². The molecule has 2 unspecified atom stereocenters. The number of amides is 1. The number of hydrogen-bond acceptors (Lipinski definition) is 4. The van der Waals surface area contributed by atoms with Gasteiger partial charge in [-0.25, -0.2) is 4.39 Å². The van der Waals surface area contributed by atoms with Crippen LogP contribution in [-0.4, -0.2) is 47.3 Å². The molecular weight excluding hydrogens is 429 g/mol. The molecule has 3 fully saturated rings. The van der Waals surface area contributed by atoms with Crippen LogP contribution in [0, 0.1) is 5.82 Å². The highest BCUT2D eigenvalue weighted by Crippen LogP contribution is 2.43. The number of likely N-dealkylation sites (tertiary alicyclic amines) is 1. The van der Waals surface area contributed by atoms with Gasteiger partial charge in [-0.15, -0.1) is 0 Å². The first-order valence-electron chi connectivity index (χ1n) is 11.5. The number of rotatable bonds is 3. The molecule has 7 heteroatoms. The number of piperidine rings is 1. The SMILES string of the molecule is O=C1NCN(c2ccc(F)cc2)C12CCN(C1CCCCC1(O)c1ccc(Cl)cc1)CC2. The minimum atomic E-state index is -0.915. The van der Waals surface area contributed by atoms with Gasteiger partial charge in [0.2, 0.25) is 5.91 Å². The third kappa shape index (κ3) is 3.58. The minimum Gasteiger partial charge on any atom is -0.384 e. The first-order valence-corrected chi connectivity index (χ1v) is 11.8. The summed E-state index contributed by atoms with van der Waals surface area (Å²) in [5, 5.41) is 15.5. The van der Waals surface area contributed by atoms with E-state index >= 15 is 0 Å². The Labute approximate surface area is 193 Å². The van der Waals surface area contributed by atoms with Gasteiger partial charge in [0.05, 0.1) is 6.67 Å². The Hall–Kier alpha value is -2.15. The Morgan fingerprint density at radius 1 is 1.00 bits per heavy atom. The van der Waals surface area contributed by atoms with Crippen molar-refractivity contribution in [2.24, 2.45) is 0 Å². The van der Waals surface area contributed by atoms with Crippen molar-refractivity contribution in [2.45, 2.75) is 55.7 Å². The molecule has 1 saturated carbocycles. The monoisotopic (exact) mass is 457 g/mol. The van der Waals surface area contributed by atoms with E-state index in [4.69, 9.17) is 11.6 Å². The fourth-order valence-corrected chi connectivity index (χ4v) is 6.07. The van der Waals surface area contributed by atoms with Crippen LogP contribution in [0.1, 0.15) is 44.1 Å². The summed E-state index contributed by atoms with van der Waals surface area (Å²) in [6.45, 7) is 1.89. The van der Waals surface area contributed by atoms with E-state index in [9.17, 15) is 14.3 Å². The average Bonchev–Trinajstić information content (AvgIpc) is 3.11. The van der Waals surface area contributed by atoms with E-state index in [0.29, 0.717) is 24.5 Å². The molecule has 2 aromatic carbocycles. The lowest BCUT2D eigenvalue weighted by atomic mass is 9.73. The number of halogens is 2. The molecule has 170 valence electrons. The number of benzene rings is 2. The number of anilines is 1. The lowest BCUT2D eigenvalue weighted by molar-refractivity contribution is -0.127. The van der Waals surface area contributed by atoms with Crippen LogP contribution < -0.4 is 10.2 Å². The lowest BCUT2D eigenvalue weighted by Crippen LogP contribution is -2.61. The van der Waals surface area contributed by atoms with E-state index in [0.717, 1.165) is 50.0 Å². The Morgan fingerprint density at radius 2 is 1.69 bits per heavy atom. The van der Waals surface area contributed by atoms with Crippen molar-refractivity contribution < 1.29 is 14.3 Å². The highest BCUT2D eigenvalue weighted by molar-refractivity contribution is 6.30. The third-order valence-electron chi connectivity index (χ3n) is 7.72. The molecule has 0 aromatic heterocycles. The van der Waals surface area contributed by atoms with Crippen molar-refractivity contribution in [3.8, 4) is 0 Å². The summed E-state index contributed by atoms with van der Waals surface area (Å²) in [6.07, 6.45) is 5.08. The number of nitrogens with zero attached hydrogens (tertiary/aromatic N) is 2. The van der Waals surface area contributed by atoms with Gasteiger partial charge in [-0.3, -0.25) is 9.69 Å². The summed E-state index contributed by atoms with van der Waals surface area (Å²) in [6, 6.07) is 13.9. The number of carbonyl (C=O) groups excluding carboxylic acids is 1. The van der Waals surface area contributed by atoms with Crippen molar-refractivity contribution in [2.75, 3.05) is 24.7 Å². The molecule has 2 aromatic rings. The zero-order valence-corrected chi connectivity index (χ0v) is 18.8. The molecule has 1 amide bonds. The second kappa shape index (κ2) is 8.32. The maximum absolute atomic E-state index is 13.4. The molecule has 32 heavy (non-hydrogen) atoms. The quantitative estimate of drug-likeness (QED) is 0.730. The van der Waals surface area contributed by atoms with Crippen LogP contribution in [0.15, 0.2) is 48.5 Å². The topological polar surface area (TPSA) is 55.8 Å². The predicted molar refractivity (Wildman–Crippen MR) is 123 cm³/mol. The van der Waals surface area contributed by atoms with Crippen LogP contribution in [0.25, 0.3) is 0 Å². The molecular formula is C25H29ClFN3O2. The molecule has 2 N–H and O–H groups in total. The van der Waals surface area contributed by atoms with Gasteiger partial charge in [0.1, 0.15) is 17.0 Å². The second-order valence-electron chi connectivity index (χ2n) is 9.33. The van der Waals surface area contributed by atoms with Crippen LogP contribution in [0.5, 0.6) is 0 Å². The summed E-state index contributed by atoms with van der Waals surface area (Å²) < 4.78 is 13.4. The number of hydrogen-bond donors (Lipinski definition) is 2. The summed E-state index contributed by atoms with van der Waals surface area (Å²) in [5.74, 6) is -0.243. The molecule has 1 aliphatic carbocycles. The molecule has 3 aliphatic rings. The maximum Gasteiger partial charge on any atom is 0.247 e. The van der Waals surface area contributed by atoms with Gasteiger partial charge in [0.15, 0.2) is 0 Å². The third-order valence-corrected chi connectivity index (χ3v) is 7.97. The van der Waals surface area contributed by atoms with Gasteiger partial charge in [-0.05, 0) is 67.6 Å². The first kappa shape index (κ1) is 21.7. The fourth-order valence-electron chi connectivity index (χ4n) is 5.95. The van der Waals surface area contributed by atoms with Crippen LogP contribution in [0.3, 0.4) is 0 Å². The standard InChI is InChI=1S/C25H29ClFN3O2/c26-19-6-4-18(5-7-19)25(32)12-2-1-3-22(25)29-15-13-24(14-16-29)23(31)28-17-30(24)21-10-8-20(27)9-11-21/h4-11,22,32H,1-3,12-17H2,(H,28,31). The normalized spacial score (nSPS) is 28.2. The van der Waals surface area contributed by atoms with Gasteiger partial charge in [0, 0.05) is 29.8 Å². The fraction of sp³-hybridized carbons (Fsp3) is 0.480. The van der Waals surface area contributed by atoms with Gasteiger partial charge >= 0.3 is 0 Å². The van der Waals surface area contributed by atoms with Gasteiger partial charge in [-0.1, -0.05) is 36.6 Å². The van der Waals surface area contributed by atoms with Crippen LogP contribution >= 0.6 is 11.6 Å². The molecule has 2 aliphatic heterocycles. The van der Waals surface area contributed by atoms with Gasteiger partial charge < -0.3 is 15.3 Å². The summed E-state index contributed by atoms with van der Waals surface area (Å²) >= 11 is 6.08. The van der Waals surface area contributed by atoms with E-state index in [-0.39, 0.29) is 17.8 Å². The highest BCUT2D eigenvalue weighted by atomic mass is 35.5. The van der Waals surface area contributed by atoms with Crippen LogP contribution in [-0.2, 0) is 10.4 Å². The molecule has 0 bridgehead atoms. The molecule has 0 radical (unpaired) electrons. The lowest BCUT2D eigenvalue weighted by Gasteiger charge is -2.51. The summed E-state index contributed by atoms with van der Waals surface area (Å²) in [7, 11) is 0. The van der Waals surface area contributed by atoms with E-state index < -0.39 is 11.1 Å². The van der Waals surface area contributed by atoms with E-state index in [1.807, 2.05) is 24.3 Å². The van der Waals surface area contributed by atoms with E-state index in [1.54, 1.807) is 12.1 Å². The number of aliphatic hydroxyl groups is 1. The van der Waals surface area contributed by atoms with E-state index in [2.05, 4.69) is 15.1 Å². The molecule has 1 spiro atoms. The first-order chi connectivity index (χ1) is 15.4. The highest BCUT2D eigenvalue weighted by Gasteiger charge is 2.53. The van der Waals surface area contributed by atoms with Crippen molar-refractivity contribution in [1.82, 2.24) is 10.2 Å². The molecule has 2 saturated heterocycles. The van der Waals surface area contributed by atoms with Gasteiger partial charge in [-0.2, -0.15) is 0 Å². The summed E-state index contributed by atoms with van der Waals surface area (Å²) in [4.78, 5) is 17.4. The van der Waals surface area contributed by atoms with E-state index in [1.165, 1.54) is 12.1 Å². The van der Waals surface area contributed by atoms with Crippen molar-refractivity contribution >= 4 is 23.2 Å². The maximum atomic E-state index is 13.4. The Morgan fingerprint density at radius 3 is 2.38 bits per heavy atom. The Bertz CT molecular complexity index is 976. The van der Waals surface area contributed by atoms with Gasteiger partial charge in [0.25, 0.3) is 0 Å². The van der Waals surface area contributed by atoms with Crippen molar-refractivity contribution in [1.29, 1.82) is 0 Å². The number of carbonyl (C=O) groups is 1. The van der Waals surface area contributed by atoms with Crippen LogP contribution in [0.4, 0.5) is 10.1 Å². The predicted octanol–water partition coefficient (Wildman–Crippen LogP) is 4.04. The Kier molecular flexibility index (Phi) is 5.64. The zero-order valence-electron chi connectivity index (χ0n) is 18.1. The zero-order chi connectivity index (χ0) is 22.3. The molecule has 5 rings (SSSR count). The van der Waals surface area contributed by atoms with Crippen LogP contribution in [0.2, 0.25) is 5.02 Å². The molecule has 2 heterocycles. The largest absolute Gasteiger partial charge is 0.384 e. The minimum absolute atomic E-state index is 0.0125. The smallest absolute Gasteiger partial charge is 0.247 e. The summed E-state index contributed by atoms with van der Waals surface area (Å²) in [5.41, 5.74) is 0.232.